The lowest BCUT2D eigenvalue weighted by atomic mass is 9.87. The van der Waals surface area contributed by atoms with Gasteiger partial charge in [-0.2, -0.15) is 26.3 Å². The molecule has 2 aliphatic carbocycles. The zero-order valence-corrected chi connectivity index (χ0v) is 26.9. The summed E-state index contributed by atoms with van der Waals surface area (Å²) in [5.41, 5.74) is 13.5. The molecule has 0 aromatic heterocycles. The number of primary amides is 1. The van der Waals surface area contributed by atoms with Gasteiger partial charge in [-0.1, -0.05) is 41.6 Å². The van der Waals surface area contributed by atoms with Crippen LogP contribution in [-0.2, 0) is 12.4 Å². The number of carbonyl (C=O) groups is 1. The zero-order chi connectivity index (χ0) is 37.1. The zero-order valence-electron chi connectivity index (χ0n) is 26.9. The Morgan fingerprint density at radius 1 is 0.627 bits per heavy atom. The van der Waals surface area contributed by atoms with Crippen LogP contribution in [0, 0.1) is 0 Å². The van der Waals surface area contributed by atoms with Gasteiger partial charge in [0.15, 0.2) is 5.84 Å². The van der Waals surface area contributed by atoms with Crippen molar-refractivity contribution in [1.82, 2.24) is 0 Å². The normalized spacial score (nSPS) is 14.8. The predicted octanol–water partition coefficient (Wildman–Crippen LogP) is 9.48. The summed E-state index contributed by atoms with van der Waals surface area (Å²) < 4.78 is 80.1. The number of nitrogens with zero attached hydrogens (tertiary/aromatic N) is 1. The Bertz CT molecular complexity index is 2030. The molecule has 0 heterocycles. The fraction of sp³-hybridized carbons (Fsp3) is 0.211. The van der Waals surface area contributed by atoms with Gasteiger partial charge in [0.05, 0.1) is 11.1 Å². The van der Waals surface area contributed by atoms with Crippen molar-refractivity contribution in [2.45, 2.75) is 50.9 Å². The lowest BCUT2D eigenvalue weighted by molar-refractivity contribution is -0.138. The topological polar surface area (TPSA) is 142 Å². The van der Waals surface area contributed by atoms with Gasteiger partial charge in [0.2, 0.25) is 5.91 Å². The maximum atomic E-state index is 13.4. The summed E-state index contributed by atoms with van der Waals surface area (Å²) in [5.74, 6) is -1.25. The van der Waals surface area contributed by atoms with Crippen molar-refractivity contribution >= 4 is 22.9 Å². The molecule has 4 aromatic rings. The van der Waals surface area contributed by atoms with Crippen molar-refractivity contribution in [3.8, 4) is 33.8 Å². The van der Waals surface area contributed by atoms with E-state index in [2.05, 4.69) is 5.16 Å². The summed E-state index contributed by atoms with van der Waals surface area (Å²) in [6, 6.07) is 15.6. The van der Waals surface area contributed by atoms with Crippen LogP contribution < -0.4 is 11.5 Å². The molecule has 0 radical (unpaired) electrons. The molecule has 0 saturated carbocycles. The predicted molar refractivity (Wildman–Crippen MR) is 182 cm³/mol. The first kappa shape index (κ1) is 36.6. The number of hydrogen-bond donors (Lipinski definition) is 5. The third kappa shape index (κ3) is 8.19. The number of amidine groups is 1. The highest BCUT2D eigenvalue weighted by Gasteiger charge is 2.35. The third-order valence-electron chi connectivity index (χ3n) is 8.66. The van der Waals surface area contributed by atoms with E-state index in [1.165, 1.54) is 36.4 Å². The SMILES string of the molecule is NC(=NO)c1cc(C(F)(F)F)cc(-c2ccc(O)cc2)c1C1=CCCC1.NC(=O)c1cc(C(F)(F)F)cc(-c2ccc(O)cc2)c1C1=CCCC1. The average molecular weight is 710 g/mol. The van der Waals surface area contributed by atoms with Gasteiger partial charge in [-0.25, -0.2) is 0 Å². The summed E-state index contributed by atoms with van der Waals surface area (Å²) in [6.45, 7) is 0. The molecule has 0 unspecified atom stereocenters. The lowest BCUT2D eigenvalue weighted by Gasteiger charge is -2.19. The number of allylic oxidation sites excluding steroid dienone is 4. The van der Waals surface area contributed by atoms with Crippen LogP contribution in [0.5, 0.6) is 11.5 Å². The molecule has 266 valence electrons. The van der Waals surface area contributed by atoms with Crippen LogP contribution in [-0.4, -0.2) is 27.2 Å². The second-order valence-corrected chi connectivity index (χ2v) is 12.1. The Morgan fingerprint density at radius 2 is 1.02 bits per heavy atom. The van der Waals surface area contributed by atoms with Crippen LogP contribution in [0.1, 0.15) is 76.7 Å². The van der Waals surface area contributed by atoms with Gasteiger partial charge in [0, 0.05) is 11.1 Å². The second kappa shape index (κ2) is 14.6. The molecule has 0 aliphatic heterocycles. The van der Waals surface area contributed by atoms with E-state index in [1.54, 1.807) is 12.1 Å². The van der Waals surface area contributed by atoms with Gasteiger partial charge in [-0.3, -0.25) is 4.79 Å². The quantitative estimate of drug-likeness (QED) is 0.0446. The molecule has 13 heteroatoms. The first-order valence-corrected chi connectivity index (χ1v) is 15.8. The first-order valence-electron chi connectivity index (χ1n) is 15.8. The Balaban J connectivity index is 0.000000198. The van der Waals surface area contributed by atoms with Crippen molar-refractivity contribution in [3.63, 3.8) is 0 Å². The molecule has 51 heavy (non-hydrogen) atoms. The molecule has 0 fully saturated rings. The van der Waals surface area contributed by atoms with Crippen LogP contribution in [0.4, 0.5) is 26.3 Å². The van der Waals surface area contributed by atoms with Gasteiger partial charge < -0.3 is 26.9 Å². The second-order valence-electron chi connectivity index (χ2n) is 12.1. The van der Waals surface area contributed by atoms with Gasteiger partial charge in [0.1, 0.15) is 11.5 Å². The van der Waals surface area contributed by atoms with E-state index in [9.17, 15) is 41.4 Å². The number of carbonyl (C=O) groups excluding carboxylic acids is 1. The van der Waals surface area contributed by atoms with E-state index in [0.29, 0.717) is 40.7 Å². The van der Waals surface area contributed by atoms with Gasteiger partial charge in [0.25, 0.3) is 0 Å². The van der Waals surface area contributed by atoms with Gasteiger partial charge in [-0.15, -0.1) is 0 Å². The maximum absolute atomic E-state index is 13.4. The smallest absolute Gasteiger partial charge is 0.416 e. The highest BCUT2D eigenvalue weighted by molar-refractivity contribution is 6.05. The number of aromatic hydroxyl groups is 2. The molecule has 6 rings (SSSR count). The molecule has 7 N–H and O–H groups in total. The molecule has 4 aromatic carbocycles. The summed E-state index contributed by atoms with van der Waals surface area (Å²) in [7, 11) is 0. The van der Waals surface area contributed by atoms with Crippen LogP contribution in [0.3, 0.4) is 0 Å². The van der Waals surface area contributed by atoms with E-state index < -0.39 is 29.4 Å². The van der Waals surface area contributed by atoms with Crippen molar-refractivity contribution in [1.29, 1.82) is 0 Å². The fourth-order valence-electron chi connectivity index (χ4n) is 6.29. The minimum absolute atomic E-state index is 0.00693. The van der Waals surface area contributed by atoms with E-state index in [1.807, 2.05) is 12.2 Å². The number of alkyl halides is 6. The summed E-state index contributed by atoms with van der Waals surface area (Å²) >= 11 is 0. The largest absolute Gasteiger partial charge is 0.508 e. The Kier molecular flexibility index (Phi) is 10.5. The lowest BCUT2D eigenvalue weighted by Crippen LogP contribution is -2.18. The standard InChI is InChI=1S/C19H17F3N2O2.C19H16F3NO2/c20-19(21,22)13-9-15(11-5-7-14(25)8-6-11)17(12-3-1-2-4-12)16(10-13)18(23)24-26;20-19(21,22)13-9-15(11-5-7-14(24)8-6-11)17(12-3-1-2-4-12)16(10-13)18(23)25/h3,5-10,25-26H,1-2,4H2,(H2,23,24);3,5-10,24H,1-2,4H2,(H2,23,25). The number of amides is 1. The van der Waals surface area contributed by atoms with Crippen LogP contribution >= 0.6 is 0 Å². The number of phenolic OH excluding ortho intramolecular Hbond substituents is 2. The number of oxime groups is 1. The van der Waals surface area contributed by atoms with Crippen LogP contribution in [0.15, 0.2) is 90.1 Å². The number of phenols is 2. The van der Waals surface area contributed by atoms with E-state index in [0.717, 1.165) is 61.1 Å². The van der Waals surface area contributed by atoms with Gasteiger partial charge >= 0.3 is 12.4 Å². The Morgan fingerprint density at radius 3 is 1.35 bits per heavy atom. The molecule has 0 saturated heterocycles. The van der Waals surface area contributed by atoms with Crippen molar-refractivity contribution < 1.29 is 46.6 Å². The van der Waals surface area contributed by atoms with Crippen molar-refractivity contribution in [2.24, 2.45) is 16.6 Å². The molecule has 7 nitrogen and oxygen atoms in total. The number of nitrogens with two attached hydrogens (primary N) is 2. The molecule has 0 atom stereocenters. The average Bonchev–Trinajstić information content (AvgIpc) is 3.83. The van der Waals surface area contributed by atoms with Crippen molar-refractivity contribution in [2.75, 3.05) is 0 Å². The van der Waals surface area contributed by atoms with Gasteiger partial charge in [-0.05, 0) is 132 Å². The number of benzene rings is 4. The molecule has 0 spiro atoms. The number of rotatable bonds is 6. The van der Waals surface area contributed by atoms with E-state index in [-0.39, 0.29) is 34.0 Å². The van der Waals surface area contributed by atoms with Crippen LogP contribution in [0.2, 0.25) is 0 Å². The van der Waals surface area contributed by atoms with Crippen molar-refractivity contribution in [3.05, 3.63) is 118 Å². The highest BCUT2D eigenvalue weighted by Crippen LogP contribution is 2.43. The highest BCUT2D eigenvalue weighted by atomic mass is 19.4. The molecule has 0 bridgehead atoms. The number of halogens is 6. The monoisotopic (exact) mass is 709 g/mol. The van der Waals surface area contributed by atoms with Crippen LogP contribution in [0.25, 0.3) is 33.4 Å². The fourth-order valence-corrected chi connectivity index (χ4v) is 6.29. The third-order valence-corrected chi connectivity index (χ3v) is 8.66. The molecule has 1 amide bonds. The minimum atomic E-state index is -4.60. The molecular formula is C38H33F6N3O4. The summed E-state index contributed by atoms with van der Waals surface area (Å²) in [4.78, 5) is 11.9. The molecular weight excluding hydrogens is 676 g/mol. The van der Waals surface area contributed by atoms with E-state index in [4.69, 9.17) is 16.7 Å². The minimum Gasteiger partial charge on any atom is -0.508 e. The first-order chi connectivity index (χ1) is 24.1. The van der Waals surface area contributed by atoms with E-state index >= 15 is 0 Å². The molecule has 2 aliphatic rings. The number of hydrogen-bond acceptors (Lipinski definition) is 5. The Labute approximate surface area is 288 Å². The summed E-state index contributed by atoms with van der Waals surface area (Å²) in [6.07, 6.45) is -0.523. The maximum Gasteiger partial charge on any atom is 0.416 e. The Hall–Kier alpha value is -5.72. The summed E-state index contributed by atoms with van der Waals surface area (Å²) in [5, 5.41) is 30.9.